The Hall–Kier alpha value is -1.61. The number of nitrogens with one attached hydrogen (secondary N) is 2. The van der Waals surface area contributed by atoms with Crippen molar-refractivity contribution in [1.29, 1.82) is 0 Å². The molecule has 0 bridgehead atoms. The molecule has 2 heterocycles. The van der Waals surface area contributed by atoms with E-state index in [-0.39, 0.29) is 24.0 Å². The molecule has 1 aromatic carbocycles. The number of hydrogen-bond donors (Lipinski definition) is 2. The minimum Gasteiger partial charge on any atom is -0.376 e. The van der Waals surface area contributed by atoms with E-state index in [0.29, 0.717) is 6.10 Å². The summed E-state index contributed by atoms with van der Waals surface area (Å²) in [5.41, 5.74) is 2.49. The molecule has 0 amide bonds. The fourth-order valence-corrected chi connectivity index (χ4v) is 2.78. The Bertz CT molecular complexity index is 636. The quantitative estimate of drug-likeness (QED) is 0.399. The van der Waals surface area contributed by atoms with Gasteiger partial charge in [-0.2, -0.15) is 0 Å². The van der Waals surface area contributed by atoms with Gasteiger partial charge < -0.3 is 19.9 Å². The molecule has 7 heteroatoms. The molecular weight excluding hydrogens is 429 g/mol. The van der Waals surface area contributed by atoms with Crippen molar-refractivity contribution in [3.8, 4) is 0 Å². The van der Waals surface area contributed by atoms with Crippen LogP contribution >= 0.6 is 24.0 Å². The Labute approximate surface area is 166 Å². The van der Waals surface area contributed by atoms with Gasteiger partial charge in [0.05, 0.1) is 12.4 Å². The molecule has 1 saturated heterocycles. The van der Waals surface area contributed by atoms with E-state index in [0.717, 1.165) is 45.0 Å². The van der Waals surface area contributed by atoms with Crippen LogP contribution in [-0.2, 0) is 17.8 Å². The second-order valence-electron chi connectivity index (χ2n) is 5.99. The van der Waals surface area contributed by atoms with Gasteiger partial charge in [0.2, 0.25) is 0 Å². The Kier molecular flexibility index (Phi) is 8.20. The third-order valence-electron chi connectivity index (χ3n) is 4.15. The van der Waals surface area contributed by atoms with Crippen molar-refractivity contribution in [2.24, 2.45) is 4.99 Å². The number of rotatable bonds is 6. The predicted molar refractivity (Wildman–Crippen MR) is 110 cm³/mol. The third-order valence-corrected chi connectivity index (χ3v) is 4.15. The molecule has 6 nitrogen and oxygen atoms in total. The second-order valence-corrected chi connectivity index (χ2v) is 5.99. The van der Waals surface area contributed by atoms with Crippen LogP contribution in [0.25, 0.3) is 0 Å². The minimum absolute atomic E-state index is 0. The van der Waals surface area contributed by atoms with Crippen LogP contribution in [0.3, 0.4) is 0 Å². The van der Waals surface area contributed by atoms with Gasteiger partial charge in [0.1, 0.15) is 0 Å². The second kappa shape index (κ2) is 10.4. The van der Waals surface area contributed by atoms with Crippen LogP contribution in [0, 0.1) is 0 Å². The number of nitrogens with zero attached hydrogens (tertiary/aromatic N) is 3. The summed E-state index contributed by atoms with van der Waals surface area (Å²) in [7, 11) is 1.79. The highest BCUT2D eigenvalue weighted by atomic mass is 127. The topological polar surface area (TPSA) is 63.5 Å². The largest absolute Gasteiger partial charge is 0.376 e. The summed E-state index contributed by atoms with van der Waals surface area (Å²) >= 11 is 0. The van der Waals surface area contributed by atoms with Crippen LogP contribution in [0.15, 0.2) is 48.0 Å². The maximum absolute atomic E-state index is 5.62. The van der Waals surface area contributed by atoms with Crippen LogP contribution in [0.5, 0.6) is 0 Å². The van der Waals surface area contributed by atoms with Crippen molar-refractivity contribution in [3.63, 3.8) is 0 Å². The molecule has 2 aromatic rings. The Morgan fingerprint density at radius 2 is 2.08 bits per heavy atom. The van der Waals surface area contributed by atoms with E-state index in [1.807, 2.05) is 12.5 Å². The minimum atomic E-state index is 0. The van der Waals surface area contributed by atoms with Crippen LogP contribution in [0.4, 0.5) is 0 Å². The van der Waals surface area contributed by atoms with E-state index in [1.54, 1.807) is 13.2 Å². The Morgan fingerprint density at radius 1 is 1.28 bits per heavy atom. The van der Waals surface area contributed by atoms with Gasteiger partial charge in [0.15, 0.2) is 5.96 Å². The zero-order chi connectivity index (χ0) is 16.6. The number of imidazole rings is 1. The van der Waals surface area contributed by atoms with Crippen molar-refractivity contribution in [1.82, 2.24) is 20.2 Å². The lowest BCUT2D eigenvalue weighted by atomic mass is 10.1. The predicted octanol–water partition coefficient (Wildman–Crippen LogP) is 2.39. The average molecular weight is 455 g/mol. The maximum atomic E-state index is 5.62. The van der Waals surface area contributed by atoms with E-state index < -0.39 is 0 Å². The molecule has 1 atom stereocenters. The Morgan fingerprint density at radius 3 is 2.72 bits per heavy atom. The molecule has 136 valence electrons. The zero-order valence-electron chi connectivity index (χ0n) is 14.5. The fourth-order valence-electron chi connectivity index (χ4n) is 2.78. The van der Waals surface area contributed by atoms with Crippen molar-refractivity contribution >= 4 is 29.9 Å². The lowest BCUT2D eigenvalue weighted by Crippen LogP contribution is -2.40. The summed E-state index contributed by atoms with van der Waals surface area (Å²) in [6, 6.07) is 8.60. The molecule has 0 saturated carbocycles. The van der Waals surface area contributed by atoms with E-state index in [9.17, 15) is 0 Å². The van der Waals surface area contributed by atoms with Crippen LogP contribution in [0.1, 0.15) is 24.0 Å². The van der Waals surface area contributed by atoms with Crippen molar-refractivity contribution < 1.29 is 4.74 Å². The number of aromatic nitrogens is 2. The molecule has 1 fully saturated rings. The molecule has 0 spiro atoms. The highest BCUT2D eigenvalue weighted by molar-refractivity contribution is 14.0. The van der Waals surface area contributed by atoms with E-state index in [1.165, 1.54) is 11.1 Å². The molecule has 1 unspecified atom stereocenters. The zero-order valence-corrected chi connectivity index (χ0v) is 16.8. The Balaban J connectivity index is 0.00000225. The maximum Gasteiger partial charge on any atom is 0.191 e. The summed E-state index contributed by atoms with van der Waals surface area (Å²) in [6.07, 6.45) is 8.20. The molecule has 2 N–H and O–H groups in total. The average Bonchev–Trinajstić information content (AvgIpc) is 3.30. The molecule has 3 rings (SSSR count). The van der Waals surface area contributed by atoms with Gasteiger partial charge in [0, 0.05) is 45.7 Å². The molecule has 1 aliphatic heterocycles. The van der Waals surface area contributed by atoms with Crippen molar-refractivity contribution in [2.45, 2.75) is 32.0 Å². The van der Waals surface area contributed by atoms with E-state index in [2.05, 4.69) is 49.4 Å². The number of hydrogen-bond acceptors (Lipinski definition) is 3. The number of benzene rings is 1. The highest BCUT2D eigenvalue weighted by Gasteiger charge is 2.15. The van der Waals surface area contributed by atoms with Gasteiger partial charge in [-0.3, -0.25) is 4.99 Å². The molecule has 1 aliphatic rings. The third kappa shape index (κ3) is 6.32. The fraction of sp³-hybridized carbons (Fsp3) is 0.444. The highest BCUT2D eigenvalue weighted by Crippen LogP contribution is 2.10. The van der Waals surface area contributed by atoms with Gasteiger partial charge in [-0.15, -0.1) is 24.0 Å². The molecule has 0 radical (unpaired) electrons. The first-order valence-electron chi connectivity index (χ1n) is 8.43. The standard InChI is InChI=1S/C18H25N5O.HI/c1-19-18(22-12-17-3-2-10-24-17)21-11-15-4-6-16(7-5-15)13-23-9-8-20-14-23;/h4-9,14,17H,2-3,10-13H2,1H3,(H2,19,21,22);1H. The molecule has 0 aliphatic carbocycles. The lowest BCUT2D eigenvalue weighted by molar-refractivity contribution is 0.114. The molecular formula is C18H26IN5O. The molecule has 1 aromatic heterocycles. The first-order valence-corrected chi connectivity index (χ1v) is 8.43. The summed E-state index contributed by atoms with van der Waals surface area (Å²) in [4.78, 5) is 8.32. The molecule has 25 heavy (non-hydrogen) atoms. The number of guanidine groups is 1. The SMILES string of the molecule is CN=C(NCc1ccc(Cn2ccnc2)cc1)NCC1CCCO1.I. The van der Waals surface area contributed by atoms with Gasteiger partial charge in [-0.25, -0.2) is 4.98 Å². The first kappa shape index (κ1) is 19.7. The smallest absolute Gasteiger partial charge is 0.191 e. The lowest BCUT2D eigenvalue weighted by Gasteiger charge is -2.15. The summed E-state index contributed by atoms with van der Waals surface area (Å²) in [5, 5.41) is 6.67. The van der Waals surface area contributed by atoms with Crippen molar-refractivity contribution in [2.75, 3.05) is 20.2 Å². The van der Waals surface area contributed by atoms with Crippen LogP contribution in [0.2, 0.25) is 0 Å². The summed E-state index contributed by atoms with van der Waals surface area (Å²) in [6.45, 7) is 3.28. The number of aliphatic imine (C=N–C) groups is 1. The first-order chi connectivity index (χ1) is 11.8. The van der Waals surface area contributed by atoms with Gasteiger partial charge in [-0.1, -0.05) is 24.3 Å². The van der Waals surface area contributed by atoms with E-state index >= 15 is 0 Å². The monoisotopic (exact) mass is 455 g/mol. The van der Waals surface area contributed by atoms with Crippen LogP contribution in [-0.4, -0.2) is 41.8 Å². The van der Waals surface area contributed by atoms with E-state index in [4.69, 9.17) is 4.74 Å². The summed E-state index contributed by atoms with van der Waals surface area (Å²) < 4.78 is 7.67. The van der Waals surface area contributed by atoms with Gasteiger partial charge in [-0.05, 0) is 24.0 Å². The van der Waals surface area contributed by atoms with Gasteiger partial charge in [0.25, 0.3) is 0 Å². The number of ether oxygens (including phenoxy) is 1. The summed E-state index contributed by atoms with van der Waals surface area (Å²) in [5.74, 6) is 0.813. The number of halogens is 1. The normalized spacial score (nSPS) is 17.2. The van der Waals surface area contributed by atoms with Crippen molar-refractivity contribution in [3.05, 3.63) is 54.1 Å². The van der Waals surface area contributed by atoms with Crippen LogP contribution < -0.4 is 10.6 Å². The van der Waals surface area contributed by atoms with Gasteiger partial charge >= 0.3 is 0 Å².